The standard InChI is InChI=1S/2C7H6O3.Sr/c2*8-6-4-2-1-3-5(6)7(9)10;/h2*1-4,8H,(H,9,10);/q;;+2/p-4. The average molecular weight is 360 g/mol. The van der Waals surface area contributed by atoms with Gasteiger partial charge in [0.05, 0.1) is 11.9 Å². The molecule has 0 N–H and O–H groups in total. The van der Waals surface area contributed by atoms with Crippen molar-refractivity contribution in [3.63, 3.8) is 0 Å². The molecule has 0 aromatic heterocycles. The molecule has 0 aliphatic carbocycles. The van der Waals surface area contributed by atoms with E-state index < -0.39 is 23.4 Å². The van der Waals surface area contributed by atoms with Gasteiger partial charge in [0.2, 0.25) is 0 Å². The molecule has 2 aromatic rings. The molecular formula is C14H8O6Sr-2. The number of rotatable bonds is 2. The zero-order valence-corrected chi connectivity index (χ0v) is 14.3. The molecule has 0 bridgehead atoms. The van der Waals surface area contributed by atoms with Crippen LogP contribution in [-0.2, 0) is 0 Å². The number of carbonyl (C=O) groups is 2. The van der Waals surface area contributed by atoms with Crippen molar-refractivity contribution < 1.29 is 30.0 Å². The third-order valence-electron chi connectivity index (χ3n) is 2.21. The predicted octanol–water partition coefficient (Wildman–Crippen LogP) is -2.13. The van der Waals surface area contributed by atoms with E-state index >= 15 is 0 Å². The van der Waals surface area contributed by atoms with Crippen molar-refractivity contribution in [1.82, 2.24) is 0 Å². The van der Waals surface area contributed by atoms with Crippen molar-refractivity contribution in [2.75, 3.05) is 0 Å². The molecule has 104 valence electrons. The van der Waals surface area contributed by atoms with Crippen LogP contribution in [0.4, 0.5) is 0 Å². The molecule has 6 nitrogen and oxygen atoms in total. The van der Waals surface area contributed by atoms with Crippen molar-refractivity contribution in [3.05, 3.63) is 59.7 Å². The molecule has 0 aliphatic heterocycles. The SMILES string of the molecule is O=C([O-])c1ccccc1[O-].O=C([O-])c1ccccc1[O-].[Sr+2]. The number of carboxylic acid groups (broad SMARTS) is 2. The van der Waals surface area contributed by atoms with Gasteiger partial charge < -0.3 is 30.0 Å². The Morgan fingerprint density at radius 1 is 0.667 bits per heavy atom. The maximum Gasteiger partial charge on any atom is 2.00 e. The van der Waals surface area contributed by atoms with Crippen LogP contribution in [0.3, 0.4) is 0 Å². The Morgan fingerprint density at radius 2 is 0.952 bits per heavy atom. The van der Waals surface area contributed by atoms with Gasteiger partial charge in [-0.1, -0.05) is 60.0 Å². The van der Waals surface area contributed by atoms with E-state index in [1.54, 1.807) is 0 Å². The van der Waals surface area contributed by atoms with E-state index in [0.717, 1.165) is 0 Å². The van der Waals surface area contributed by atoms with Crippen molar-refractivity contribution >= 4 is 57.4 Å². The number of carboxylic acids is 2. The molecule has 0 aliphatic rings. The van der Waals surface area contributed by atoms with Crippen LogP contribution in [0.2, 0.25) is 0 Å². The summed E-state index contributed by atoms with van der Waals surface area (Å²) in [5.41, 5.74) is -0.579. The molecule has 0 saturated carbocycles. The number of aromatic carboxylic acids is 2. The van der Waals surface area contributed by atoms with Gasteiger partial charge in [-0.25, -0.2) is 0 Å². The van der Waals surface area contributed by atoms with E-state index in [1.807, 2.05) is 0 Å². The molecule has 2 aromatic carbocycles. The summed E-state index contributed by atoms with van der Waals surface area (Å²) in [5.74, 6) is -3.87. The fourth-order valence-corrected chi connectivity index (χ4v) is 1.27. The summed E-state index contributed by atoms with van der Waals surface area (Å²) in [6.45, 7) is 0. The monoisotopic (exact) mass is 360 g/mol. The van der Waals surface area contributed by atoms with Crippen molar-refractivity contribution in [1.29, 1.82) is 0 Å². The van der Waals surface area contributed by atoms with Gasteiger partial charge in [0.1, 0.15) is 0 Å². The van der Waals surface area contributed by atoms with Gasteiger partial charge >= 0.3 is 45.5 Å². The van der Waals surface area contributed by atoms with Crippen LogP contribution in [0.25, 0.3) is 0 Å². The molecule has 21 heavy (non-hydrogen) atoms. The molecular weight excluding hydrogens is 352 g/mol. The van der Waals surface area contributed by atoms with Crippen LogP contribution >= 0.6 is 0 Å². The first-order valence-electron chi connectivity index (χ1n) is 5.38. The number of benzene rings is 2. The Balaban J connectivity index is 0.000000364. The minimum atomic E-state index is -1.43. The summed E-state index contributed by atoms with van der Waals surface area (Å²) in [4.78, 5) is 20.2. The van der Waals surface area contributed by atoms with Crippen LogP contribution < -0.4 is 20.4 Å². The van der Waals surface area contributed by atoms with Crippen LogP contribution in [-0.4, -0.2) is 57.4 Å². The predicted molar refractivity (Wildman–Crippen MR) is 66.2 cm³/mol. The zero-order chi connectivity index (χ0) is 15.1. The molecule has 0 amide bonds. The molecule has 0 unspecified atom stereocenters. The van der Waals surface area contributed by atoms with Gasteiger partial charge in [0, 0.05) is 0 Å². The smallest absolute Gasteiger partial charge is 0.872 e. The van der Waals surface area contributed by atoms with Crippen LogP contribution in [0.5, 0.6) is 11.5 Å². The molecule has 7 heteroatoms. The fourth-order valence-electron chi connectivity index (χ4n) is 1.27. The Labute approximate surface area is 157 Å². The quantitative estimate of drug-likeness (QED) is 0.563. The van der Waals surface area contributed by atoms with Gasteiger partial charge in [-0.3, -0.25) is 0 Å². The second-order valence-corrected chi connectivity index (χ2v) is 3.57. The van der Waals surface area contributed by atoms with Gasteiger partial charge in [-0.15, -0.1) is 0 Å². The second-order valence-electron chi connectivity index (χ2n) is 3.57. The molecule has 0 spiro atoms. The van der Waals surface area contributed by atoms with Crippen LogP contribution in [0, 0.1) is 0 Å². The first-order valence-corrected chi connectivity index (χ1v) is 5.38. The molecule has 0 saturated heterocycles. The summed E-state index contributed by atoms with van der Waals surface area (Å²) in [7, 11) is 0. The van der Waals surface area contributed by atoms with E-state index in [-0.39, 0.29) is 56.6 Å². The Bertz CT molecular complexity index is 571. The van der Waals surface area contributed by atoms with Gasteiger partial charge in [0.25, 0.3) is 0 Å². The molecule has 0 fully saturated rings. The maximum absolute atomic E-state index is 10.6. The topological polar surface area (TPSA) is 126 Å². The summed E-state index contributed by atoms with van der Waals surface area (Å²) in [5, 5.41) is 41.5. The molecule has 0 atom stereocenters. The van der Waals surface area contributed by atoms with E-state index in [2.05, 4.69) is 0 Å². The van der Waals surface area contributed by atoms with E-state index in [4.69, 9.17) is 0 Å². The summed E-state index contributed by atoms with van der Waals surface area (Å²) >= 11 is 0. The number of para-hydroxylation sites is 2. The van der Waals surface area contributed by atoms with Gasteiger partial charge in [0.15, 0.2) is 0 Å². The largest absolute Gasteiger partial charge is 2.00 e. The number of carbonyl (C=O) groups excluding carboxylic acids is 2. The maximum atomic E-state index is 10.6. The molecule has 0 heterocycles. The van der Waals surface area contributed by atoms with E-state index in [9.17, 15) is 30.0 Å². The third kappa shape index (κ3) is 6.18. The first kappa shape index (κ1) is 19.5. The minimum Gasteiger partial charge on any atom is -0.872 e. The summed E-state index contributed by atoms with van der Waals surface area (Å²) in [6.07, 6.45) is 0. The Hall–Kier alpha value is -1.54. The number of hydrogen-bond acceptors (Lipinski definition) is 6. The Kier molecular flexibility index (Phi) is 8.72. The van der Waals surface area contributed by atoms with Crippen molar-refractivity contribution in [2.45, 2.75) is 0 Å². The van der Waals surface area contributed by atoms with E-state index in [0.29, 0.717) is 0 Å². The second kappa shape index (κ2) is 9.41. The molecule has 2 rings (SSSR count). The van der Waals surface area contributed by atoms with Crippen LogP contribution in [0.15, 0.2) is 48.5 Å². The minimum absolute atomic E-state index is 0. The van der Waals surface area contributed by atoms with E-state index in [1.165, 1.54) is 48.5 Å². The summed E-state index contributed by atoms with van der Waals surface area (Å²) < 4.78 is 0. The fraction of sp³-hybridized carbons (Fsp3) is 0. The first-order chi connectivity index (χ1) is 9.43. The van der Waals surface area contributed by atoms with Gasteiger partial charge in [-0.2, -0.15) is 0 Å². The Morgan fingerprint density at radius 3 is 1.14 bits per heavy atom. The zero-order valence-electron chi connectivity index (χ0n) is 10.8. The summed E-state index contributed by atoms with van der Waals surface area (Å²) in [6, 6.07) is 10.7. The van der Waals surface area contributed by atoms with Crippen molar-refractivity contribution in [3.8, 4) is 11.5 Å². The average Bonchev–Trinajstić information content (AvgIpc) is 2.40. The molecule has 0 radical (unpaired) electrons. The normalized spacial score (nSPS) is 8.76. The third-order valence-corrected chi connectivity index (χ3v) is 2.21. The van der Waals surface area contributed by atoms with Gasteiger partial charge in [-0.05, 0) is 11.1 Å². The van der Waals surface area contributed by atoms with Crippen molar-refractivity contribution in [2.24, 2.45) is 0 Å². The number of hydrogen-bond donors (Lipinski definition) is 0. The van der Waals surface area contributed by atoms with Crippen LogP contribution in [0.1, 0.15) is 20.7 Å².